The number of hydrogen-bond acceptors (Lipinski definition) is 4. The molecule has 4 heteroatoms. The van der Waals surface area contributed by atoms with Gasteiger partial charge in [0.1, 0.15) is 5.69 Å². The van der Waals surface area contributed by atoms with Gasteiger partial charge in [-0.25, -0.2) is 4.98 Å². The normalized spacial score (nSPS) is 10.0. The van der Waals surface area contributed by atoms with Crippen LogP contribution in [-0.2, 0) is 0 Å². The summed E-state index contributed by atoms with van der Waals surface area (Å²) in [6.45, 7) is 0. The molecular formula is C10H8N2OS. The minimum atomic E-state index is -0.0847. The summed E-state index contributed by atoms with van der Waals surface area (Å²) in [5, 5.41) is 2.09. The van der Waals surface area contributed by atoms with Gasteiger partial charge in [0, 0.05) is 10.9 Å². The van der Waals surface area contributed by atoms with Gasteiger partial charge < -0.3 is 5.73 Å². The third-order valence-corrected chi connectivity index (χ3v) is 2.46. The second-order valence-electron chi connectivity index (χ2n) is 2.77. The summed E-state index contributed by atoms with van der Waals surface area (Å²) in [5.41, 5.74) is 6.50. The van der Waals surface area contributed by atoms with Gasteiger partial charge in [0.2, 0.25) is 5.78 Å². The van der Waals surface area contributed by atoms with E-state index in [1.807, 2.05) is 18.2 Å². The summed E-state index contributed by atoms with van der Waals surface area (Å²) in [4.78, 5) is 15.7. The molecule has 0 atom stereocenters. The number of anilines is 1. The van der Waals surface area contributed by atoms with Crippen molar-refractivity contribution in [3.63, 3.8) is 0 Å². The molecule has 0 spiro atoms. The van der Waals surface area contributed by atoms with E-state index >= 15 is 0 Å². The van der Waals surface area contributed by atoms with E-state index in [-0.39, 0.29) is 5.78 Å². The third kappa shape index (κ3) is 1.65. The first-order chi connectivity index (χ1) is 6.77. The van der Waals surface area contributed by atoms with E-state index in [1.54, 1.807) is 17.5 Å². The number of nitrogens with two attached hydrogens (primary N) is 1. The van der Waals surface area contributed by atoms with E-state index in [1.165, 1.54) is 11.3 Å². The zero-order valence-electron chi connectivity index (χ0n) is 7.31. The molecule has 2 rings (SSSR count). The highest BCUT2D eigenvalue weighted by atomic mass is 32.1. The zero-order valence-corrected chi connectivity index (χ0v) is 8.12. The molecule has 2 N–H and O–H groups in total. The molecule has 2 aromatic rings. The van der Waals surface area contributed by atoms with Crippen LogP contribution < -0.4 is 5.73 Å². The number of benzene rings is 1. The molecule has 14 heavy (non-hydrogen) atoms. The first kappa shape index (κ1) is 8.90. The Labute approximate surface area is 85.2 Å². The van der Waals surface area contributed by atoms with Crippen LogP contribution in [0.1, 0.15) is 16.1 Å². The lowest BCUT2D eigenvalue weighted by Gasteiger charge is -1.95. The Morgan fingerprint density at radius 2 is 2.00 bits per heavy atom. The fourth-order valence-electron chi connectivity index (χ4n) is 1.13. The SMILES string of the molecule is Nc1nc(C(=O)c2ccccc2)cs1. The Bertz CT molecular complexity index is 450. The van der Waals surface area contributed by atoms with E-state index in [2.05, 4.69) is 4.98 Å². The van der Waals surface area contributed by atoms with Crippen LogP contribution in [0.15, 0.2) is 35.7 Å². The van der Waals surface area contributed by atoms with Gasteiger partial charge >= 0.3 is 0 Å². The lowest BCUT2D eigenvalue weighted by atomic mass is 10.1. The van der Waals surface area contributed by atoms with E-state index in [9.17, 15) is 4.79 Å². The fraction of sp³-hybridized carbons (Fsp3) is 0. The van der Waals surface area contributed by atoms with Gasteiger partial charge in [0.05, 0.1) is 0 Å². The van der Waals surface area contributed by atoms with Crippen LogP contribution in [0.5, 0.6) is 0 Å². The Morgan fingerprint density at radius 3 is 2.57 bits per heavy atom. The van der Waals surface area contributed by atoms with Crippen molar-refractivity contribution in [1.82, 2.24) is 4.98 Å². The van der Waals surface area contributed by atoms with E-state index in [4.69, 9.17) is 5.73 Å². The molecule has 1 aromatic heterocycles. The largest absolute Gasteiger partial charge is 0.375 e. The third-order valence-electron chi connectivity index (χ3n) is 1.79. The molecule has 0 amide bonds. The van der Waals surface area contributed by atoms with Crippen molar-refractivity contribution in [3.05, 3.63) is 47.0 Å². The predicted molar refractivity (Wildman–Crippen MR) is 56.4 cm³/mol. The summed E-state index contributed by atoms with van der Waals surface area (Å²) in [6.07, 6.45) is 0. The summed E-state index contributed by atoms with van der Waals surface area (Å²) in [6, 6.07) is 9.04. The van der Waals surface area contributed by atoms with Crippen LogP contribution in [-0.4, -0.2) is 10.8 Å². The molecule has 3 nitrogen and oxygen atoms in total. The minimum Gasteiger partial charge on any atom is -0.375 e. The average molecular weight is 204 g/mol. The topological polar surface area (TPSA) is 56.0 Å². The van der Waals surface area contributed by atoms with Gasteiger partial charge in [-0.05, 0) is 0 Å². The van der Waals surface area contributed by atoms with Crippen LogP contribution in [0.3, 0.4) is 0 Å². The first-order valence-corrected chi connectivity index (χ1v) is 4.96. The molecule has 0 unspecified atom stereocenters. The number of aromatic nitrogens is 1. The lowest BCUT2D eigenvalue weighted by molar-refractivity contribution is 0.103. The number of rotatable bonds is 2. The number of ketones is 1. The smallest absolute Gasteiger partial charge is 0.212 e. The van der Waals surface area contributed by atoms with Crippen molar-refractivity contribution in [2.45, 2.75) is 0 Å². The highest BCUT2D eigenvalue weighted by Gasteiger charge is 2.11. The summed E-state index contributed by atoms with van der Waals surface area (Å²) >= 11 is 1.27. The van der Waals surface area contributed by atoms with Gasteiger partial charge in [0.25, 0.3) is 0 Å². The fourth-order valence-corrected chi connectivity index (χ4v) is 1.67. The van der Waals surface area contributed by atoms with Crippen molar-refractivity contribution >= 4 is 22.3 Å². The molecule has 1 heterocycles. The van der Waals surface area contributed by atoms with Gasteiger partial charge in [-0.15, -0.1) is 11.3 Å². The molecule has 0 saturated heterocycles. The molecule has 1 aromatic carbocycles. The van der Waals surface area contributed by atoms with Crippen LogP contribution in [0.4, 0.5) is 5.13 Å². The first-order valence-electron chi connectivity index (χ1n) is 4.08. The Balaban J connectivity index is 2.34. The predicted octanol–water partition coefficient (Wildman–Crippen LogP) is 1.96. The number of carbonyl (C=O) groups excluding carboxylic acids is 1. The number of nitrogen functional groups attached to an aromatic ring is 1. The summed E-state index contributed by atoms with van der Waals surface area (Å²) in [5.74, 6) is -0.0847. The Morgan fingerprint density at radius 1 is 1.29 bits per heavy atom. The lowest BCUT2D eigenvalue weighted by Crippen LogP contribution is -2.01. The molecule has 0 aliphatic rings. The maximum absolute atomic E-state index is 11.7. The van der Waals surface area contributed by atoms with Crippen LogP contribution in [0, 0.1) is 0 Å². The molecule has 0 aliphatic heterocycles. The van der Waals surface area contributed by atoms with Gasteiger partial charge in [-0.2, -0.15) is 0 Å². The average Bonchev–Trinajstić information content (AvgIpc) is 2.65. The maximum atomic E-state index is 11.7. The zero-order chi connectivity index (χ0) is 9.97. The van der Waals surface area contributed by atoms with Crippen LogP contribution in [0.25, 0.3) is 0 Å². The number of nitrogens with zero attached hydrogens (tertiary/aromatic N) is 1. The van der Waals surface area contributed by atoms with E-state index < -0.39 is 0 Å². The second-order valence-corrected chi connectivity index (χ2v) is 3.66. The number of thiazole rings is 1. The van der Waals surface area contributed by atoms with Crippen molar-refractivity contribution in [2.75, 3.05) is 5.73 Å². The van der Waals surface area contributed by atoms with Crippen LogP contribution in [0.2, 0.25) is 0 Å². The minimum absolute atomic E-state index is 0.0847. The molecule has 0 bridgehead atoms. The molecular weight excluding hydrogens is 196 g/mol. The van der Waals surface area contributed by atoms with Crippen LogP contribution >= 0.6 is 11.3 Å². The monoisotopic (exact) mass is 204 g/mol. The molecule has 0 aliphatic carbocycles. The van der Waals surface area contributed by atoms with Crippen molar-refractivity contribution in [1.29, 1.82) is 0 Å². The highest BCUT2D eigenvalue weighted by Crippen LogP contribution is 2.14. The molecule has 70 valence electrons. The van der Waals surface area contributed by atoms with E-state index in [0.29, 0.717) is 16.4 Å². The van der Waals surface area contributed by atoms with Gasteiger partial charge in [-0.3, -0.25) is 4.79 Å². The van der Waals surface area contributed by atoms with E-state index in [0.717, 1.165) is 0 Å². The summed E-state index contributed by atoms with van der Waals surface area (Å²) in [7, 11) is 0. The maximum Gasteiger partial charge on any atom is 0.212 e. The molecule has 0 fully saturated rings. The van der Waals surface area contributed by atoms with Crippen molar-refractivity contribution in [2.24, 2.45) is 0 Å². The highest BCUT2D eigenvalue weighted by molar-refractivity contribution is 7.13. The second kappa shape index (κ2) is 3.59. The van der Waals surface area contributed by atoms with Crippen molar-refractivity contribution in [3.8, 4) is 0 Å². The van der Waals surface area contributed by atoms with Gasteiger partial charge in [-0.1, -0.05) is 30.3 Å². The number of hydrogen-bond donors (Lipinski definition) is 1. The van der Waals surface area contributed by atoms with Gasteiger partial charge in [0.15, 0.2) is 5.13 Å². The quantitative estimate of drug-likeness (QED) is 0.761. The Hall–Kier alpha value is -1.68. The Kier molecular flexibility index (Phi) is 2.28. The molecule has 0 radical (unpaired) electrons. The standard InChI is InChI=1S/C10H8N2OS/c11-10-12-8(6-14-10)9(13)7-4-2-1-3-5-7/h1-6H,(H2,11,12). The molecule has 0 saturated carbocycles. The number of carbonyl (C=O) groups is 1. The van der Waals surface area contributed by atoms with Crippen molar-refractivity contribution < 1.29 is 4.79 Å². The summed E-state index contributed by atoms with van der Waals surface area (Å²) < 4.78 is 0.